The van der Waals surface area contributed by atoms with Gasteiger partial charge < -0.3 is 22.2 Å². The second kappa shape index (κ2) is 8.89. The number of rotatable bonds is 3. The number of pyridine rings is 1. The molecule has 1 aliphatic heterocycles. The molecule has 1 aliphatic rings. The van der Waals surface area contributed by atoms with E-state index in [9.17, 15) is 9.18 Å². The number of piperidine rings is 1. The van der Waals surface area contributed by atoms with Crippen LogP contribution in [0.3, 0.4) is 0 Å². The van der Waals surface area contributed by atoms with Crippen LogP contribution in [0.5, 0.6) is 0 Å². The maximum absolute atomic E-state index is 13.4. The van der Waals surface area contributed by atoms with Crippen molar-refractivity contribution >= 4 is 16.8 Å². The third kappa shape index (κ3) is 4.41. The van der Waals surface area contributed by atoms with E-state index in [-0.39, 0.29) is 30.2 Å². The minimum atomic E-state index is -0.289. The molecule has 0 atom stereocenters. The maximum atomic E-state index is 13.4. The molecule has 0 aliphatic carbocycles. The monoisotopic (exact) mass is 412 g/mol. The first-order valence-corrected chi connectivity index (χ1v) is 9.64. The van der Waals surface area contributed by atoms with E-state index in [1.54, 1.807) is 12.1 Å². The highest BCUT2D eigenvalue weighted by Crippen LogP contribution is 2.27. The number of nitrogens with zero attached hydrogens (tertiary/aromatic N) is 3. The zero-order valence-corrected chi connectivity index (χ0v) is 17.4. The molecule has 0 bridgehead atoms. The molecule has 2 aromatic carbocycles. The van der Waals surface area contributed by atoms with Crippen LogP contribution < -0.4 is 12.4 Å². The summed E-state index contributed by atoms with van der Waals surface area (Å²) in [6.07, 6.45) is 1.96. The first kappa shape index (κ1) is 21.2. The minimum absolute atomic E-state index is 0. The zero-order valence-electron chi connectivity index (χ0n) is 16.6. The summed E-state index contributed by atoms with van der Waals surface area (Å²) in [5.74, 6) is -0.278. The van der Waals surface area contributed by atoms with Crippen molar-refractivity contribution in [2.45, 2.75) is 18.9 Å². The molecule has 0 unspecified atom stereocenters. The number of aromatic nitrogens is 1. The van der Waals surface area contributed by atoms with Gasteiger partial charge in [0.15, 0.2) is 0 Å². The summed E-state index contributed by atoms with van der Waals surface area (Å²) in [6.45, 7) is 2.00. The number of hydrogen-bond acceptors (Lipinski definition) is 3. The number of halogens is 2. The lowest BCUT2D eigenvalue weighted by molar-refractivity contribution is -0.0000170. The van der Waals surface area contributed by atoms with Gasteiger partial charge in [-0.2, -0.15) is 0 Å². The van der Waals surface area contributed by atoms with E-state index < -0.39 is 0 Å². The Morgan fingerprint density at radius 1 is 1.10 bits per heavy atom. The summed E-state index contributed by atoms with van der Waals surface area (Å²) in [4.78, 5) is 22.3. The highest BCUT2D eigenvalue weighted by Gasteiger charge is 2.26. The van der Waals surface area contributed by atoms with Crippen molar-refractivity contribution in [1.82, 2.24) is 14.8 Å². The fraction of sp³-hybridized carbons (Fsp3) is 0.304. The van der Waals surface area contributed by atoms with E-state index in [1.807, 2.05) is 42.3 Å². The van der Waals surface area contributed by atoms with E-state index in [1.165, 1.54) is 12.1 Å². The zero-order chi connectivity index (χ0) is 19.7. The van der Waals surface area contributed by atoms with Gasteiger partial charge in [0.25, 0.3) is 5.91 Å². The Morgan fingerprint density at radius 2 is 1.76 bits per heavy atom. The fourth-order valence-electron chi connectivity index (χ4n) is 3.86. The third-order valence-corrected chi connectivity index (χ3v) is 5.64. The Bertz CT molecular complexity index is 1000. The molecule has 4 nitrogen and oxygen atoms in total. The molecule has 0 radical (unpaired) electrons. The molecule has 0 N–H and O–H groups in total. The van der Waals surface area contributed by atoms with Gasteiger partial charge in [0, 0.05) is 24.0 Å². The molecular formula is C23H24ClFN3O-. The van der Waals surface area contributed by atoms with Crippen molar-refractivity contribution in [3.8, 4) is 11.3 Å². The Labute approximate surface area is 176 Å². The van der Waals surface area contributed by atoms with Gasteiger partial charge in [0.05, 0.1) is 16.8 Å². The van der Waals surface area contributed by atoms with Crippen molar-refractivity contribution in [2.75, 3.05) is 27.2 Å². The van der Waals surface area contributed by atoms with Gasteiger partial charge in [-0.05, 0) is 69.4 Å². The average molecular weight is 413 g/mol. The SMILES string of the molecule is CN1CCC(N(C)C(=O)c2cc(-c3ccc(F)cc3)nc3ccccc23)CC1.[Cl-]. The molecule has 1 aromatic heterocycles. The van der Waals surface area contributed by atoms with E-state index >= 15 is 0 Å². The molecule has 1 fully saturated rings. The fourth-order valence-corrected chi connectivity index (χ4v) is 3.86. The van der Waals surface area contributed by atoms with Crippen molar-refractivity contribution in [1.29, 1.82) is 0 Å². The van der Waals surface area contributed by atoms with Crippen molar-refractivity contribution in [3.05, 3.63) is 66.0 Å². The summed E-state index contributed by atoms with van der Waals surface area (Å²) in [5, 5.41) is 0.845. The Balaban J connectivity index is 0.00000240. The van der Waals surface area contributed by atoms with Crippen molar-refractivity contribution in [3.63, 3.8) is 0 Å². The van der Waals surface area contributed by atoms with Crippen LogP contribution in [0.25, 0.3) is 22.2 Å². The Hall–Kier alpha value is -2.50. The lowest BCUT2D eigenvalue weighted by Crippen LogP contribution is -3.00. The highest BCUT2D eigenvalue weighted by molar-refractivity contribution is 6.07. The normalized spacial score (nSPS) is 15.1. The highest BCUT2D eigenvalue weighted by atomic mass is 35.5. The number of carbonyl (C=O) groups is 1. The van der Waals surface area contributed by atoms with Gasteiger partial charge in [0.1, 0.15) is 5.82 Å². The van der Waals surface area contributed by atoms with Crippen LogP contribution in [0.4, 0.5) is 4.39 Å². The molecule has 6 heteroatoms. The van der Waals surface area contributed by atoms with Gasteiger partial charge in [-0.15, -0.1) is 0 Å². The number of likely N-dealkylation sites (tertiary alicyclic amines) is 1. The second-order valence-corrected chi connectivity index (χ2v) is 7.53. The molecule has 2 heterocycles. The predicted octanol–water partition coefficient (Wildman–Crippen LogP) is 1.21. The lowest BCUT2D eigenvalue weighted by atomic mass is 10.00. The van der Waals surface area contributed by atoms with Crippen molar-refractivity contribution < 1.29 is 21.6 Å². The number of hydrogen-bond donors (Lipinski definition) is 0. The molecule has 1 amide bonds. The van der Waals surface area contributed by atoms with E-state index in [4.69, 9.17) is 4.98 Å². The molecule has 29 heavy (non-hydrogen) atoms. The standard InChI is InChI=1S/C23H24FN3O.ClH/c1-26-13-11-18(12-14-26)27(2)23(28)20-15-22(16-7-9-17(24)10-8-16)25-21-6-4-3-5-19(20)21;/h3-10,15,18H,11-14H2,1-2H3;1H/p-1. The number of benzene rings is 2. The summed E-state index contributed by atoms with van der Waals surface area (Å²) in [7, 11) is 4.01. The predicted molar refractivity (Wildman–Crippen MR) is 110 cm³/mol. The Kier molecular flexibility index (Phi) is 6.50. The molecule has 3 aromatic rings. The molecule has 4 rings (SSSR count). The van der Waals surface area contributed by atoms with Crippen LogP contribution >= 0.6 is 0 Å². The van der Waals surface area contributed by atoms with Gasteiger partial charge >= 0.3 is 0 Å². The molecule has 152 valence electrons. The van der Waals surface area contributed by atoms with Gasteiger partial charge in [0.2, 0.25) is 0 Å². The number of amides is 1. The summed E-state index contributed by atoms with van der Waals surface area (Å²) in [6, 6.07) is 16.0. The van der Waals surface area contributed by atoms with Gasteiger partial charge in [-0.25, -0.2) is 9.37 Å². The van der Waals surface area contributed by atoms with Crippen LogP contribution in [0.15, 0.2) is 54.6 Å². The number of fused-ring (bicyclic) bond motifs is 1. The summed E-state index contributed by atoms with van der Waals surface area (Å²) >= 11 is 0. The van der Waals surface area contributed by atoms with E-state index in [0.717, 1.165) is 42.4 Å². The van der Waals surface area contributed by atoms with Crippen LogP contribution in [-0.2, 0) is 0 Å². The quantitative estimate of drug-likeness (QED) is 0.649. The number of carbonyl (C=O) groups excluding carboxylic acids is 1. The van der Waals surface area contributed by atoms with Crippen LogP contribution in [0, 0.1) is 5.82 Å². The molecule has 0 spiro atoms. The lowest BCUT2D eigenvalue weighted by Gasteiger charge is -2.35. The average Bonchev–Trinajstić information content (AvgIpc) is 2.73. The first-order valence-electron chi connectivity index (χ1n) is 9.64. The second-order valence-electron chi connectivity index (χ2n) is 7.53. The number of para-hydroxylation sites is 1. The smallest absolute Gasteiger partial charge is 0.254 e. The topological polar surface area (TPSA) is 36.4 Å². The molecule has 0 saturated carbocycles. The maximum Gasteiger partial charge on any atom is 0.254 e. The Morgan fingerprint density at radius 3 is 2.45 bits per heavy atom. The van der Waals surface area contributed by atoms with E-state index in [0.29, 0.717) is 11.3 Å². The van der Waals surface area contributed by atoms with E-state index in [2.05, 4.69) is 11.9 Å². The van der Waals surface area contributed by atoms with Gasteiger partial charge in [-0.1, -0.05) is 18.2 Å². The van der Waals surface area contributed by atoms with Crippen LogP contribution in [-0.4, -0.2) is 53.9 Å². The van der Waals surface area contributed by atoms with Crippen molar-refractivity contribution in [2.24, 2.45) is 0 Å². The third-order valence-electron chi connectivity index (χ3n) is 5.64. The van der Waals surface area contributed by atoms with Gasteiger partial charge in [-0.3, -0.25) is 4.79 Å². The van der Waals surface area contributed by atoms with Crippen LogP contribution in [0.1, 0.15) is 23.2 Å². The molecular weight excluding hydrogens is 389 g/mol. The summed E-state index contributed by atoms with van der Waals surface area (Å²) in [5.41, 5.74) is 2.89. The van der Waals surface area contributed by atoms with Crippen LogP contribution in [0.2, 0.25) is 0 Å². The minimum Gasteiger partial charge on any atom is -1.00 e. The molecule has 1 saturated heterocycles. The summed E-state index contributed by atoms with van der Waals surface area (Å²) < 4.78 is 13.3. The largest absolute Gasteiger partial charge is 1.00 e. The first-order chi connectivity index (χ1) is 13.5.